The van der Waals surface area contributed by atoms with Gasteiger partial charge in [0.15, 0.2) is 0 Å². The summed E-state index contributed by atoms with van der Waals surface area (Å²) >= 11 is 0. The van der Waals surface area contributed by atoms with E-state index in [1.165, 1.54) is 18.5 Å². The van der Waals surface area contributed by atoms with Gasteiger partial charge in [-0.3, -0.25) is 9.78 Å². The molecule has 0 fully saturated rings. The van der Waals surface area contributed by atoms with Crippen LogP contribution in [0.5, 0.6) is 0 Å². The van der Waals surface area contributed by atoms with E-state index in [9.17, 15) is 18.0 Å². The van der Waals surface area contributed by atoms with Crippen LogP contribution in [0.25, 0.3) is 11.0 Å². The van der Waals surface area contributed by atoms with Crippen molar-refractivity contribution in [2.45, 2.75) is 12.2 Å². The number of amides is 1. The number of aromatic nitrogens is 3. The van der Waals surface area contributed by atoms with Gasteiger partial charge in [-0.05, 0) is 35.4 Å². The molecule has 146 valence electrons. The van der Waals surface area contributed by atoms with Gasteiger partial charge in [0, 0.05) is 18.0 Å². The second kappa shape index (κ2) is 7.38. The predicted octanol–water partition coefficient (Wildman–Crippen LogP) is 4.50. The van der Waals surface area contributed by atoms with Crippen LogP contribution in [0.3, 0.4) is 0 Å². The predicted molar refractivity (Wildman–Crippen MR) is 101 cm³/mol. The SMILES string of the molecule is O=C(N[C@H](c1ccccc1)c1ccc2nc(C(F)(F)F)[nH]c2c1)c1ccncc1. The number of fused-ring (bicyclic) bond motifs is 1. The molecule has 0 aliphatic rings. The Hall–Kier alpha value is -3.68. The second-order valence-corrected chi connectivity index (χ2v) is 6.41. The van der Waals surface area contributed by atoms with Crippen LogP contribution in [0, 0.1) is 0 Å². The first-order chi connectivity index (χ1) is 13.9. The number of rotatable bonds is 4. The van der Waals surface area contributed by atoms with E-state index in [1.807, 2.05) is 30.3 Å². The minimum Gasteiger partial charge on any atom is -0.341 e. The molecule has 0 bridgehead atoms. The quantitative estimate of drug-likeness (QED) is 0.534. The molecular formula is C21H15F3N4O. The fourth-order valence-corrected chi connectivity index (χ4v) is 3.06. The maximum absolute atomic E-state index is 13.0. The molecule has 0 unspecified atom stereocenters. The molecule has 0 saturated heterocycles. The highest BCUT2D eigenvalue weighted by Gasteiger charge is 2.34. The Morgan fingerprint density at radius 1 is 0.966 bits per heavy atom. The van der Waals surface area contributed by atoms with E-state index in [0.717, 1.165) is 5.56 Å². The van der Waals surface area contributed by atoms with Crippen molar-refractivity contribution in [3.63, 3.8) is 0 Å². The zero-order chi connectivity index (χ0) is 20.4. The number of alkyl halides is 3. The fraction of sp³-hybridized carbons (Fsp3) is 0.0952. The molecular weight excluding hydrogens is 381 g/mol. The summed E-state index contributed by atoms with van der Waals surface area (Å²) < 4.78 is 38.9. The maximum Gasteiger partial charge on any atom is 0.449 e. The molecule has 5 nitrogen and oxygen atoms in total. The summed E-state index contributed by atoms with van der Waals surface area (Å²) in [5.41, 5.74) is 2.30. The largest absolute Gasteiger partial charge is 0.449 e. The molecule has 2 heterocycles. The molecule has 2 aromatic heterocycles. The second-order valence-electron chi connectivity index (χ2n) is 6.41. The Labute approximate surface area is 163 Å². The van der Waals surface area contributed by atoms with Crippen LogP contribution in [-0.2, 0) is 6.18 Å². The van der Waals surface area contributed by atoms with Gasteiger partial charge < -0.3 is 10.3 Å². The molecule has 0 aliphatic carbocycles. The van der Waals surface area contributed by atoms with Crippen LogP contribution in [0.4, 0.5) is 13.2 Å². The van der Waals surface area contributed by atoms with E-state index in [1.54, 1.807) is 24.3 Å². The normalized spacial score (nSPS) is 12.7. The molecule has 4 rings (SSSR count). The van der Waals surface area contributed by atoms with Gasteiger partial charge >= 0.3 is 6.18 Å². The summed E-state index contributed by atoms with van der Waals surface area (Å²) in [4.78, 5) is 22.5. The number of aromatic amines is 1. The topological polar surface area (TPSA) is 70.7 Å². The van der Waals surface area contributed by atoms with Gasteiger partial charge in [0.25, 0.3) is 5.91 Å². The summed E-state index contributed by atoms with van der Waals surface area (Å²) in [6.45, 7) is 0. The minimum atomic E-state index is -4.56. The number of nitrogens with one attached hydrogen (secondary N) is 2. The zero-order valence-electron chi connectivity index (χ0n) is 14.9. The first-order valence-corrected chi connectivity index (χ1v) is 8.74. The van der Waals surface area contributed by atoms with E-state index in [4.69, 9.17) is 0 Å². The van der Waals surface area contributed by atoms with E-state index >= 15 is 0 Å². The van der Waals surface area contributed by atoms with Crippen LogP contribution in [0.1, 0.15) is 33.4 Å². The first-order valence-electron chi connectivity index (χ1n) is 8.74. The highest BCUT2D eigenvalue weighted by molar-refractivity contribution is 5.94. The summed E-state index contributed by atoms with van der Waals surface area (Å²) in [5, 5.41) is 2.94. The van der Waals surface area contributed by atoms with E-state index in [-0.39, 0.29) is 16.9 Å². The third kappa shape index (κ3) is 3.96. The Morgan fingerprint density at radius 3 is 2.38 bits per heavy atom. The molecule has 2 N–H and O–H groups in total. The first kappa shape index (κ1) is 18.7. The number of carbonyl (C=O) groups excluding carboxylic acids is 1. The lowest BCUT2D eigenvalue weighted by atomic mass is 9.98. The number of nitrogens with zero attached hydrogens (tertiary/aromatic N) is 2. The average molecular weight is 396 g/mol. The summed E-state index contributed by atoms with van der Waals surface area (Å²) in [5.74, 6) is -1.37. The Bertz CT molecular complexity index is 1140. The number of hydrogen-bond donors (Lipinski definition) is 2. The highest BCUT2D eigenvalue weighted by atomic mass is 19.4. The summed E-state index contributed by atoms with van der Waals surface area (Å²) in [6.07, 6.45) is -1.53. The van der Waals surface area contributed by atoms with Crippen molar-refractivity contribution < 1.29 is 18.0 Å². The summed E-state index contributed by atoms with van der Waals surface area (Å²) in [7, 11) is 0. The molecule has 1 atom stereocenters. The van der Waals surface area contributed by atoms with Crippen LogP contribution in [0.15, 0.2) is 73.1 Å². The smallest absolute Gasteiger partial charge is 0.341 e. The van der Waals surface area contributed by atoms with Crippen molar-refractivity contribution in [2.24, 2.45) is 0 Å². The molecule has 0 aliphatic heterocycles. The van der Waals surface area contributed by atoms with Crippen molar-refractivity contribution in [2.75, 3.05) is 0 Å². The standard InChI is InChI=1S/C21H15F3N4O/c22-21(23,24)20-26-16-7-6-15(12-17(16)27-20)18(13-4-2-1-3-5-13)28-19(29)14-8-10-25-11-9-14/h1-12,18H,(H,26,27)(H,28,29)/t18-/m1/s1. The van der Waals surface area contributed by atoms with Crippen LogP contribution in [-0.4, -0.2) is 20.9 Å². The Morgan fingerprint density at radius 2 is 1.69 bits per heavy atom. The monoisotopic (exact) mass is 396 g/mol. The molecule has 0 saturated carbocycles. The van der Waals surface area contributed by atoms with Gasteiger partial charge in [-0.25, -0.2) is 4.98 Å². The number of carbonyl (C=O) groups is 1. The van der Waals surface area contributed by atoms with Crippen molar-refractivity contribution in [1.29, 1.82) is 0 Å². The lowest BCUT2D eigenvalue weighted by molar-refractivity contribution is -0.144. The van der Waals surface area contributed by atoms with Crippen molar-refractivity contribution in [3.05, 3.63) is 95.6 Å². The Kier molecular flexibility index (Phi) is 4.75. The van der Waals surface area contributed by atoms with Gasteiger partial charge in [0.2, 0.25) is 5.82 Å². The number of imidazole rings is 1. The van der Waals surface area contributed by atoms with E-state index < -0.39 is 18.0 Å². The van der Waals surface area contributed by atoms with Gasteiger partial charge in [-0.15, -0.1) is 0 Å². The van der Waals surface area contributed by atoms with E-state index in [0.29, 0.717) is 11.1 Å². The van der Waals surface area contributed by atoms with Crippen molar-refractivity contribution in [1.82, 2.24) is 20.3 Å². The number of halogens is 3. The highest BCUT2D eigenvalue weighted by Crippen LogP contribution is 2.30. The van der Waals surface area contributed by atoms with Crippen LogP contribution >= 0.6 is 0 Å². The van der Waals surface area contributed by atoms with Crippen molar-refractivity contribution >= 4 is 16.9 Å². The lowest BCUT2D eigenvalue weighted by Gasteiger charge is -2.20. The molecule has 0 spiro atoms. The Balaban J connectivity index is 1.74. The number of pyridine rings is 1. The molecule has 1 amide bonds. The molecule has 0 radical (unpaired) electrons. The zero-order valence-corrected chi connectivity index (χ0v) is 14.9. The van der Waals surface area contributed by atoms with Gasteiger partial charge in [-0.1, -0.05) is 36.4 Å². The number of hydrogen-bond acceptors (Lipinski definition) is 3. The van der Waals surface area contributed by atoms with Crippen molar-refractivity contribution in [3.8, 4) is 0 Å². The minimum absolute atomic E-state index is 0.202. The van der Waals surface area contributed by atoms with Gasteiger partial charge in [0.1, 0.15) is 0 Å². The number of H-pyrrole nitrogens is 1. The molecule has 2 aromatic carbocycles. The fourth-order valence-electron chi connectivity index (χ4n) is 3.06. The van der Waals surface area contributed by atoms with Crippen LogP contribution in [0.2, 0.25) is 0 Å². The molecule has 4 aromatic rings. The average Bonchev–Trinajstić information content (AvgIpc) is 3.17. The molecule has 8 heteroatoms. The van der Waals surface area contributed by atoms with Gasteiger partial charge in [0.05, 0.1) is 17.1 Å². The third-order valence-electron chi connectivity index (χ3n) is 4.46. The van der Waals surface area contributed by atoms with Gasteiger partial charge in [-0.2, -0.15) is 13.2 Å². The van der Waals surface area contributed by atoms with E-state index in [2.05, 4.69) is 20.3 Å². The maximum atomic E-state index is 13.0. The lowest BCUT2D eigenvalue weighted by Crippen LogP contribution is -2.29. The third-order valence-corrected chi connectivity index (χ3v) is 4.46. The van der Waals surface area contributed by atoms with Crippen LogP contribution < -0.4 is 5.32 Å². The number of benzene rings is 2. The molecule has 29 heavy (non-hydrogen) atoms. The summed E-state index contributed by atoms with van der Waals surface area (Å²) in [6, 6.07) is 16.6.